The average Bonchev–Trinajstić information content (AvgIpc) is 3.04. The van der Waals surface area contributed by atoms with E-state index in [4.69, 9.17) is 4.74 Å². The first kappa shape index (κ1) is 29.0. The first-order valence-electron chi connectivity index (χ1n) is 15.8. The van der Waals surface area contributed by atoms with E-state index in [0.717, 1.165) is 48.8 Å². The third kappa shape index (κ3) is 5.90. The zero-order valence-corrected chi connectivity index (χ0v) is 25.5. The Balaban J connectivity index is 0.000000151. The van der Waals surface area contributed by atoms with Crippen LogP contribution in [-0.4, -0.2) is 85.1 Å². The molecule has 3 fully saturated rings. The van der Waals surface area contributed by atoms with Crippen molar-refractivity contribution in [2.45, 2.75) is 56.6 Å². The summed E-state index contributed by atoms with van der Waals surface area (Å²) in [6.45, 7) is 8.20. The highest BCUT2D eigenvalue weighted by Crippen LogP contribution is 2.41. The number of fused-ring (bicyclic) bond motifs is 3. The van der Waals surface area contributed by atoms with Crippen LogP contribution in [0.4, 0.5) is 0 Å². The number of aryl methyl sites for hydroxylation is 1. The van der Waals surface area contributed by atoms with Crippen molar-refractivity contribution >= 4 is 5.91 Å². The van der Waals surface area contributed by atoms with Gasteiger partial charge >= 0.3 is 0 Å². The number of piperidine rings is 3. The van der Waals surface area contributed by atoms with Gasteiger partial charge in [-0.15, -0.1) is 0 Å². The van der Waals surface area contributed by atoms with Crippen LogP contribution < -0.4 is 0 Å². The van der Waals surface area contributed by atoms with Crippen LogP contribution in [0.5, 0.6) is 0 Å². The Labute approximate surface area is 251 Å². The van der Waals surface area contributed by atoms with E-state index in [2.05, 4.69) is 56.9 Å². The van der Waals surface area contributed by atoms with Crippen LogP contribution in [0.25, 0.3) is 0 Å². The molecule has 1 aromatic heterocycles. The highest BCUT2D eigenvalue weighted by atomic mass is 16.5. The predicted octanol–water partition coefficient (Wildman–Crippen LogP) is 5.58. The molecule has 0 radical (unpaired) electrons. The quantitative estimate of drug-likeness (QED) is 0.374. The molecule has 1 unspecified atom stereocenters. The zero-order chi connectivity index (χ0) is 29.1. The lowest BCUT2D eigenvalue weighted by Crippen LogP contribution is -2.60. The third-order valence-electron chi connectivity index (χ3n) is 9.94. The van der Waals surface area contributed by atoms with Crippen LogP contribution in [0.15, 0.2) is 72.9 Å². The minimum atomic E-state index is -0.515. The van der Waals surface area contributed by atoms with Crippen molar-refractivity contribution in [2.75, 3.05) is 53.4 Å². The second kappa shape index (κ2) is 12.7. The van der Waals surface area contributed by atoms with Crippen molar-refractivity contribution in [3.8, 4) is 0 Å². The first-order valence-corrected chi connectivity index (χ1v) is 15.8. The number of likely N-dealkylation sites (N-methyl/N-ethyl adjacent to an activating group) is 1. The topological polar surface area (TPSA) is 48.9 Å². The predicted molar refractivity (Wildman–Crippen MR) is 168 cm³/mol. The normalized spacial score (nSPS) is 25.8. The molecule has 3 saturated heterocycles. The van der Waals surface area contributed by atoms with Crippen molar-refractivity contribution in [3.05, 3.63) is 101 Å². The molecule has 222 valence electrons. The van der Waals surface area contributed by atoms with Crippen LogP contribution in [-0.2, 0) is 16.8 Å². The average molecular weight is 567 g/mol. The number of hydrogen-bond acceptors (Lipinski definition) is 5. The lowest BCUT2D eigenvalue weighted by atomic mass is 9.75. The van der Waals surface area contributed by atoms with E-state index in [9.17, 15) is 4.79 Å². The highest BCUT2D eigenvalue weighted by molar-refractivity contribution is 5.98. The van der Waals surface area contributed by atoms with Gasteiger partial charge in [0, 0.05) is 43.4 Å². The summed E-state index contributed by atoms with van der Waals surface area (Å²) in [5, 5.41) is 0. The third-order valence-corrected chi connectivity index (χ3v) is 9.94. The molecule has 8 rings (SSSR count). The Morgan fingerprint density at radius 1 is 0.952 bits per heavy atom. The van der Waals surface area contributed by atoms with Gasteiger partial charge in [-0.3, -0.25) is 9.78 Å². The summed E-state index contributed by atoms with van der Waals surface area (Å²) in [6.07, 6.45) is 8.08. The van der Waals surface area contributed by atoms with Crippen LogP contribution >= 0.6 is 0 Å². The Hall–Kier alpha value is -3.06. The van der Waals surface area contributed by atoms with E-state index >= 15 is 0 Å². The number of rotatable bonds is 7. The molecule has 2 aromatic carbocycles. The molecule has 0 spiro atoms. The molecule has 2 bridgehead atoms. The maximum Gasteiger partial charge on any atom is 0.254 e. The second-order valence-electron chi connectivity index (χ2n) is 12.9. The molecule has 5 aliphatic rings. The highest BCUT2D eigenvalue weighted by Gasteiger charge is 2.43. The Bertz CT molecular complexity index is 1300. The molecule has 4 aliphatic heterocycles. The Morgan fingerprint density at radius 2 is 1.74 bits per heavy atom. The summed E-state index contributed by atoms with van der Waals surface area (Å²) in [7, 11) is 4.09. The van der Waals surface area contributed by atoms with E-state index in [1.54, 1.807) is 0 Å². The summed E-state index contributed by atoms with van der Waals surface area (Å²) < 4.78 is 6.21. The molecule has 1 amide bonds. The van der Waals surface area contributed by atoms with Gasteiger partial charge in [-0.05, 0) is 107 Å². The first-order chi connectivity index (χ1) is 20.4. The number of pyridine rings is 1. The molecule has 0 saturated carbocycles. The molecule has 42 heavy (non-hydrogen) atoms. The molecular weight excluding hydrogens is 520 g/mol. The molecule has 3 aromatic rings. The summed E-state index contributed by atoms with van der Waals surface area (Å²) >= 11 is 0. The molecule has 0 N–H and O–H groups in total. The van der Waals surface area contributed by atoms with E-state index < -0.39 is 5.60 Å². The molecule has 5 heterocycles. The lowest BCUT2D eigenvalue weighted by Gasteiger charge is -2.51. The van der Waals surface area contributed by atoms with Gasteiger partial charge in [0.25, 0.3) is 5.91 Å². The number of amides is 1. The summed E-state index contributed by atoms with van der Waals surface area (Å²) in [6, 6.07) is 23.1. The van der Waals surface area contributed by atoms with E-state index in [-0.39, 0.29) is 0 Å². The van der Waals surface area contributed by atoms with Gasteiger partial charge in [-0.2, -0.15) is 0 Å². The van der Waals surface area contributed by atoms with Gasteiger partial charge in [-0.25, -0.2) is 0 Å². The number of hydrogen-bond donors (Lipinski definition) is 0. The van der Waals surface area contributed by atoms with Gasteiger partial charge in [0.2, 0.25) is 0 Å². The summed E-state index contributed by atoms with van der Waals surface area (Å²) in [5.41, 5.74) is 5.40. The van der Waals surface area contributed by atoms with Crippen molar-refractivity contribution in [1.82, 2.24) is 19.7 Å². The minimum Gasteiger partial charge on any atom is -0.363 e. The van der Waals surface area contributed by atoms with Gasteiger partial charge in [-0.1, -0.05) is 48.5 Å². The van der Waals surface area contributed by atoms with Crippen LogP contribution in [0.3, 0.4) is 0 Å². The lowest BCUT2D eigenvalue weighted by molar-refractivity contribution is -0.0131. The number of nitrogens with zero attached hydrogens (tertiary/aromatic N) is 4. The number of benzene rings is 2. The van der Waals surface area contributed by atoms with Gasteiger partial charge < -0.3 is 19.4 Å². The van der Waals surface area contributed by atoms with Crippen molar-refractivity contribution in [3.63, 3.8) is 0 Å². The van der Waals surface area contributed by atoms with Crippen LogP contribution in [0.2, 0.25) is 0 Å². The van der Waals surface area contributed by atoms with Crippen molar-refractivity contribution in [2.24, 2.45) is 5.92 Å². The van der Waals surface area contributed by atoms with E-state index in [1.165, 1.54) is 49.9 Å². The van der Waals surface area contributed by atoms with E-state index in [1.807, 2.05) is 56.7 Å². The van der Waals surface area contributed by atoms with Crippen LogP contribution in [0.1, 0.15) is 71.3 Å². The maximum absolute atomic E-state index is 13.1. The van der Waals surface area contributed by atoms with Crippen molar-refractivity contribution in [1.29, 1.82) is 0 Å². The monoisotopic (exact) mass is 566 g/mol. The zero-order valence-electron chi connectivity index (χ0n) is 25.5. The number of carbonyl (C=O) groups is 1. The largest absolute Gasteiger partial charge is 0.363 e. The standard InChI is InChI=1S/C19H24N2O.C17H22N2O/c22-19-16-6-2-4-14-3-1-5-15(18(14)16)11-21(19)17-12-20-9-7-13(17)8-10-20;1-17(20-14-13-19(2)3,15-9-5-4-6-10-15)16-11-7-8-12-18-16/h2,4,6,13,15,17H,1,3,5,7-12H2;4-12H,13-14H2,1-3H3/t15-,17-;/m1./s1. The Morgan fingerprint density at radius 3 is 2.43 bits per heavy atom. The fraction of sp³-hybridized carbons (Fsp3) is 0.500. The smallest absolute Gasteiger partial charge is 0.254 e. The summed E-state index contributed by atoms with van der Waals surface area (Å²) in [4.78, 5) is 24.6. The number of carbonyl (C=O) groups excluding carboxylic acids is 1. The van der Waals surface area contributed by atoms with Gasteiger partial charge in [0.05, 0.1) is 12.3 Å². The number of ether oxygens (including phenoxy) is 1. The second-order valence-corrected chi connectivity index (χ2v) is 12.9. The minimum absolute atomic E-state index is 0.314. The molecular formula is C36H46N4O2. The fourth-order valence-electron chi connectivity index (χ4n) is 7.55. The maximum atomic E-state index is 13.1. The Kier molecular flexibility index (Phi) is 8.75. The molecule has 6 nitrogen and oxygen atoms in total. The molecule has 6 heteroatoms. The van der Waals surface area contributed by atoms with Gasteiger partial charge in [0.1, 0.15) is 5.60 Å². The van der Waals surface area contributed by atoms with Gasteiger partial charge in [0.15, 0.2) is 0 Å². The van der Waals surface area contributed by atoms with E-state index in [0.29, 0.717) is 24.5 Å². The fourth-order valence-corrected chi connectivity index (χ4v) is 7.55. The molecule has 3 atom stereocenters. The van der Waals surface area contributed by atoms with Crippen LogP contribution in [0, 0.1) is 5.92 Å². The van der Waals surface area contributed by atoms with Crippen molar-refractivity contribution < 1.29 is 9.53 Å². The summed E-state index contributed by atoms with van der Waals surface area (Å²) in [5.74, 6) is 1.64. The molecule has 1 aliphatic carbocycles. The number of aromatic nitrogens is 1. The SMILES string of the molecule is CN(C)CCOC(C)(c1ccccc1)c1ccccn1.O=C1c2cccc3c2[C@H](CCC3)CN1[C@@H]1CN2CCC1CC2.